The van der Waals surface area contributed by atoms with Crippen molar-refractivity contribution in [2.24, 2.45) is 0 Å². The van der Waals surface area contributed by atoms with E-state index in [2.05, 4.69) is 13.2 Å². The molecule has 1 aliphatic rings. The van der Waals surface area contributed by atoms with E-state index in [1.54, 1.807) is 10.8 Å². The maximum atomic E-state index is 13.3. The molecule has 168 valence electrons. The van der Waals surface area contributed by atoms with Gasteiger partial charge < -0.3 is 4.90 Å². The van der Waals surface area contributed by atoms with E-state index < -0.39 is 33.6 Å². The Labute approximate surface area is 179 Å². The average Bonchev–Trinajstić information content (AvgIpc) is 2.69. The standard InChI is InChI=1S/C21H23F3N2O4S/c1-4-15(19(27)25-31(3,29)30)16(5-2)20(28)26-12-10-14(11-13-26)17-8-6-7-9-18(17)21(22,23)24/h4-9,14H,1-2,10-13H2,3H3,(H,25,27)/b16-15-. The average molecular weight is 456 g/mol. The van der Waals surface area contributed by atoms with E-state index in [1.807, 2.05) is 0 Å². The van der Waals surface area contributed by atoms with Crippen LogP contribution in [0, 0.1) is 0 Å². The van der Waals surface area contributed by atoms with Crippen molar-refractivity contribution in [1.82, 2.24) is 9.62 Å². The number of nitrogens with one attached hydrogen (secondary N) is 1. The third-order valence-corrected chi connectivity index (χ3v) is 5.50. The Kier molecular flexibility index (Phi) is 7.48. The van der Waals surface area contributed by atoms with Crippen LogP contribution in [0.25, 0.3) is 0 Å². The highest BCUT2D eigenvalue weighted by Gasteiger charge is 2.36. The smallest absolute Gasteiger partial charge is 0.339 e. The van der Waals surface area contributed by atoms with E-state index in [4.69, 9.17) is 0 Å². The molecule has 2 rings (SSSR count). The normalized spacial score (nSPS) is 16.3. The van der Waals surface area contributed by atoms with Crippen molar-refractivity contribution < 1.29 is 31.2 Å². The van der Waals surface area contributed by atoms with Gasteiger partial charge in [0.25, 0.3) is 11.8 Å². The number of hydrogen-bond donors (Lipinski definition) is 1. The summed E-state index contributed by atoms with van der Waals surface area (Å²) in [4.78, 5) is 26.5. The van der Waals surface area contributed by atoms with Crippen molar-refractivity contribution >= 4 is 21.8 Å². The summed E-state index contributed by atoms with van der Waals surface area (Å²) in [5.41, 5.74) is -0.876. The number of benzene rings is 1. The number of carbonyl (C=O) groups is 2. The lowest BCUT2D eigenvalue weighted by molar-refractivity contribution is -0.138. The number of likely N-dealkylation sites (tertiary alicyclic amines) is 1. The molecular formula is C21H23F3N2O4S. The Morgan fingerprint density at radius 1 is 1.10 bits per heavy atom. The van der Waals surface area contributed by atoms with Gasteiger partial charge in [-0.15, -0.1) is 0 Å². The molecule has 2 amide bonds. The Balaban J connectivity index is 2.22. The Morgan fingerprint density at radius 2 is 1.65 bits per heavy atom. The van der Waals surface area contributed by atoms with Crippen LogP contribution in [0.5, 0.6) is 0 Å². The minimum atomic E-state index is -4.46. The van der Waals surface area contributed by atoms with Crippen molar-refractivity contribution in [1.29, 1.82) is 0 Å². The Bertz CT molecular complexity index is 1020. The van der Waals surface area contributed by atoms with Gasteiger partial charge in [-0.05, 0) is 30.4 Å². The Hall–Kier alpha value is -2.88. The van der Waals surface area contributed by atoms with E-state index in [9.17, 15) is 31.2 Å². The maximum absolute atomic E-state index is 13.3. The molecule has 1 aromatic rings. The molecule has 0 bridgehead atoms. The summed E-state index contributed by atoms with van der Waals surface area (Å²) < 4.78 is 64.3. The zero-order chi connectivity index (χ0) is 23.4. The van der Waals surface area contributed by atoms with Gasteiger partial charge >= 0.3 is 6.18 Å². The van der Waals surface area contributed by atoms with Gasteiger partial charge in [0.2, 0.25) is 10.0 Å². The highest BCUT2D eigenvalue weighted by atomic mass is 32.2. The number of nitrogens with zero attached hydrogens (tertiary/aromatic N) is 1. The molecule has 0 aliphatic carbocycles. The minimum Gasteiger partial charge on any atom is -0.339 e. The summed E-state index contributed by atoms with van der Waals surface area (Å²) in [6, 6.07) is 5.38. The summed E-state index contributed by atoms with van der Waals surface area (Å²) in [7, 11) is -3.86. The van der Waals surface area contributed by atoms with E-state index in [0.29, 0.717) is 12.8 Å². The van der Waals surface area contributed by atoms with Gasteiger partial charge in [-0.25, -0.2) is 13.1 Å². The largest absolute Gasteiger partial charge is 0.416 e. The molecule has 1 aromatic carbocycles. The highest BCUT2D eigenvalue weighted by Crippen LogP contribution is 2.38. The first kappa shape index (κ1) is 24.4. The number of hydrogen-bond acceptors (Lipinski definition) is 4. The van der Waals surface area contributed by atoms with Gasteiger partial charge in [-0.3, -0.25) is 9.59 Å². The van der Waals surface area contributed by atoms with E-state index in [0.717, 1.165) is 24.5 Å². The van der Waals surface area contributed by atoms with Crippen molar-refractivity contribution in [3.05, 3.63) is 71.8 Å². The molecule has 1 aliphatic heterocycles. The molecule has 0 saturated carbocycles. The molecule has 0 radical (unpaired) electrons. The van der Waals surface area contributed by atoms with Crippen LogP contribution in [0.3, 0.4) is 0 Å². The monoisotopic (exact) mass is 456 g/mol. The molecule has 0 atom stereocenters. The second kappa shape index (κ2) is 9.51. The van der Waals surface area contributed by atoms with Crippen LogP contribution in [-0.4, -0.2) is 44.5 Å². The van der Waals surface area contributed by atoms with Crippen LogP contribution in [0.1, 0.15) is 29.9 Å². The summed E-state index contributed by atoms with van der Waals surface area (Å²) >= 11 is 0. The molecular weight excluding hydrogens is 433 g/mol. The van der Waals surface area contributed by atoms with Crippen LogP contribution in [0.15, 0.2) is 60.7 Å². The number of halogens is 3. The van der Waals surface area contributed by atoms with Gasteiger partial charge in [0.1, 0.15) is 0 Å². The first-order valence-electron chi connectivity index (χ1n) is 9.35. The molecule has 6 nitrogen and oxygen atoms in total. The van der Waals surface area contributed by atoms with Crippen LogP contribution < -0.4 is 4.72 Å². The number of sulfonamides is 1. The molecule has 0 aromatic heterocycles. The highest BCUT2D eigenvalue weighted by molar-refractivity contribution is 7.89. The van der Waals surface area contributed by atoms with Gasteiger partial charge in [0.05, 0.1) is 23.0 Å². The van der Waals surface area contributed by atoms with Gasteiger partial charge in [0, 0.05) is 13.1 Å². The topological polar surface area (TPSA) is 83.5 Å². The molecule has 10 heteroatoms. The first-order chi connectivity index (χ1) is 14.4. The lowest BCUT2D eigenvalue weighted by Gasteiger charge is -2.33. The second-order valence-electron chi connectivity index (χ2n) is 7.09. The number of amides is 2. The number of piperidine rings is 1. The third kappa shape index (κ3) is 6.06. The van der Waals surface area contributed by atoms with Crippen molar-refractivity contribution in [3.8, 4) is 0 Å². The first-order valence-corrected chi connectivity index (χ1v) is 11.2. The number of carbonyl (C=O) groups excluding carboxylic acids is 2. The predicted octanol–water partition coefficient (Wildman–Crippen LogP) is 3.16. The van der Waals surface area contributed by atoms with Crippen LogP contribution in [0.2, 0.25) is 0 Å². The maximum Gasteiger partial charge on any atom is 0.416 e. The zero-order valence-corrected chi connectivity index (χ0v) is 17.7. The number of alkyl halides is 3. The van der Waals surface area contributed by atoms with Gasteiger partial charge in [-0.2, -0.15) is 13.2 Å². The predicted molar refractivity (Wildman–Crippen MR) is 110 cm³/mol. The SMILES string of the molecule is C=C/C(C(=O)NS(C)(=O)=O)=C(\C=C)C(=O)N1CCC(c2ccccc2C(F)(F)F)CC1. The van der Waals surface area contributed by atoms with E-state index in [-0.39, 0.29) is 35.7 Å². The third-order valence-electron chi connectivity index (χ3n) is 4.94. The summed E-state index contributed by atoms with van der Waals surface area (Å²) in [6.45, 7) is 7.32. The molecule has 1 fully saturated rings. The van der Waals surface area contributed by atoms with Crippen LogP contribution >= 0.6 is 0 Å². The fourth-order valence-corrected chi connectivity index (χ4v) is 3.98. The quantitative estimate of drug-likeness (QED) is 0.527. The summed E-state index contributed by atoms with van der Waals surface area (Å²) in [6.07, 6.45) is -0.864. The second-order valence-corrected chi connectivity index (χ2v) is 8.84. The van der Waals surface area contributed by atoms with Gasteiger partial charge in [0.15, 0.2) is 0 Å². The molecule has 0 unspecified atom stereocenters. The molecule has 1 N–H and O–H groups in total. The Morgan fingerprint density at radius 3 is 2.13 bits per heavy atom. The lowest BCUT2D eigenvalue weighted by Crippen LogP contribution is -2.40. The van der Waals surface area contributed by atoms with Crippen molar-refractivity contribution in [2.45, 2.75) is 24.9 Å². The zero-order valence-electron chi connectivity index (χ0n) is 16.9. The van der Waals surface area contributed by atoms with Gasteiger partial charge in [-0.1, -0.05) is 43.5 Å². The van der Waals surface area contributed by atoms with E-state index >= 15 is 0 Å². The van der Waals surface area contributed by atoms with Crippen LogP contribution in [0.4, 0.5) is 13.2 Å². The summed E-state index contributed by atoms with van der Waals surface area (Å²) in [5, 5.41) is 0. The fraction of sp³-hybridized carbons (Fsp3) is 0.333. The molecule has 31 heavy (non-hydrogen) atoms. The van der Waals surface area contributed by atoms with Crippen molar-refractivity contribution in [3.63, 3.8) is 0 Å². The fourth-order valence-electron chi connectivity index (χ4n) is 3.54. The molecule has 1 heterocycles. The minimum absolute atomic E-state index is 0.134. The van der Waals surface area contributed by atoms with Crippen molar-refractivity contribution in [2.75, 3.05) is 19.3 Å². The molecule has 1 saturated heterocycles. The summed E-state index contributed by atoms with van der Waals surface area (Å²) in [5.74, 6) is -1.96. The number of rotatable bonds is 6. The van der Waals surface area contributed by atoms with E-state index in [1.165, 1.54) is 17.0 Å². The lowest BCUT2D eigenvalue weighted by atomic mass is 9.86. The van der Waals surface area contributed by atoms with Crippen LogP contribution in [-0.2, 0) is 25.8 Å². The molecule has 0 spiro atoms.